The van der Waals surface area contributed by atoms with E-state index < -0.39 is 0 Å². The van der Waals surface area contributed by atoms with E-state index in [1.165, 1.54) is 0 Å². The molecule has 0 aliphatic heterocycles. The molecule has 1 aromatic rings. The molecule has 0 saturated carbocycles. The van der Waals surface area contributed by atoms with Crippen LogP contribution in [0.4, 0.5) is 0 Å². The average molecular weight is 141 g/mol. The van der Waals surface area contributed by atoms with Gasteiger partial charge in [0.2, 0.25) is 0 Å². The molecule has 0 amide bonds. The molecule has 9 heavy (non-hydrogen) atoms. The minimum atomic E-state index is 0.843. The van der Waals surface area contributed by atoms with Gasteiger partial charge in [0.15, 0.2) is 5.09 Å². The second kappa shape index (κ2) is 3.35. The van der Waals surface area contributed by atoms with Crippen molar-refractivity contribution in [3.05, 3.63) is 24.9 Å². The van der Waals surface area contributed by atoms with Crippen molar-refractivity contribution in [3.8, 4) is 0 Å². The second-order valence-corrected chi connectivity index (χ2v) is 2.46. The number of nitrogens with zero attached hydrogens (tertiary/aromatic N) is 1. The van der Waals surface area contributed by atoms with Crippen molar-refractivity contribution in [3.63, 3.8) is 0 Å². The summed E-state index contributed by atoms with van der Waals surface area (Å²) in [5, 5.41) is 4.39. The maximum Gasteiger partial charge on any atom is 0.193 e. The molecule has 1 heterocycles. The Hall–Kier alpha value is -0.700. The number of hydrogen-bond donors (Lipinski definition) is 0. The van der Waals surface area contributed by atoms with E-state index in [1.54, 1.807) is 18.0 Å². The van der Waals surface area contributed by atoms with Crippen LogP contribution in [0.2, 0.25) is 0 Å². The summed E-state index contributed by atoms with van der Waals surface area (Å²) in [6.07, 6.45) is 3.46. The lowest BCUT2D eigenvalue weighted by Crippen LogP contribution is -1.65. The van der Waals surface area contributed by atoms with Crippen molar-refractivity contribution in [1.82, 2.24) is 5.16 Å². The van der Waals surface area contributed by atoms with Crippen LogP contribution in [0.5, 0.6) is 0 Å². The molecule has 0 saturated heterocycles. The maximum absolute atomic E-state index is 4.80. The van der Waals surface area contributed by atoms with Gasteiger partial charge in [-0.25, -0.2) is 0 Å². The van der Waals surface area contributed by atoms with Crippen LogP contribution in [0.1, 0.15) is 0 Å². The third kappa shape index (κ3) is 1.93. The second-order valence-electron chi connectivity index (χ2n) is 1.43. The molecular weight excluding hydrogens is 134 g/mol. The van der Waals surface area contributed by atoms with E-state index in [0.717, 1.165) is 10.8 Å². The van der Waals surface area contributed by atoms with Gasteiger partial charge in [-0.3, -0.25) is 0 Å². The lowest BCUT2D eigenvalue weighted by atomic mass is 10.8. The molecule has 1 aromatic heterocycles. The Kier molecular flexibility index (Phi) is 2.39. The summed E-state index contributed by atoms with van der Waals surface area (Å²) in [6.45, 7) is 3.58. The van der Waals surface area contributed by atoms with Gasteiger partial charge in [-0.15, -0.1) is 6.58 Å². The standard InChI is InChI=1S/C6H7NOS/c1-2-5-9-6-3-4-7-8-6/h2-4H,1,5H2. The fraction of sp³-hybridized carbons (Fsp3) is 0.167. The van der Waals surface area contributed by atoms with E-state index in [9.17, 15) is 0 Å². The highest BCUT2D eigenvalue weighted by atomic mass is 32.2. The number of rotatable bonds is 3. The average Bonchev–Trinajstić information content (AvgIpc) is 2.34. The topological polar surface area (TPSA) is 26.0 Å². The van der Waals surface area contributed by atoms with Gasteiger partial charge < -0.3 is 4.52 Å². The van der Waals surface area contributed by atoms with Crippen molar-refractivity contribution < 1.29 is 4.52 Å². The van der Waals surface area contributed by atoms with Crippen LogP contribution in [0.15, 0.2) is 34.5 Å². The van der Waals surface area contributed by atoms with Crippen molar-refractivity contribution in [1.29, 1.82) is 0 Å². The zero-order valence-corrected chi connectivity index (χ0v) is 5.73. The van der Waals surface area contributed by atoms with Crippen LogP contribution in [-0.4, -0.2) is 10.9 Å². The van der Waals surface area contributed by atoms with E-state index in [0.29, 0.717) is 0 Å². The highest BCUT2D eigenvalue weighted by molar-refractivity contribution is 7.99. The van der Waals surface area contributed by atoms with Gasteiger partial charge in [0, 0.05) is 11.8 Å². The van der Waals surface area contributed by atoms with Crippen LogP contribution in [0, 0.1) is 0 Å². The summed E-state index contributed by atoms with van der Waals surface area (Å²) in [4.78, 5) is 0. The highest BCUT2D eigenvalue weighted by Crippen LogP contribution is 2.15. The Labute approximate surface area is 57.9 Å². The molecule has 0 unspecified atom stereocenters. The predicted molar refractivity (Wildman–Crippen MR) is 37.4 cm³/mol. The molecule has 0 spiro atoms. The molecule has 0 aliphatic carbocycles. The van der Waals surface area contributed by atoms with E-state index in [1.807, 2.05) is 12.1 Å². The molecule has 0 atom stereocenters. The Morgan fingerprint density at radius 2 is 2.78 bits per heavy atom. The van der Waals surface area contributed by atoms with Crippen LogP contribution in [-0.2, 0) is 0 Å². The fourth-order valence-electron chi connectivity index (χ4n) is 0.420. The van der Waals surface area contributed by atoms with Gasteiger partial charge in [-0.05, 0) is 0 Å². The first-order valence-corrected chi connectivity index (χ1v) is 3.56. The molecule has 0 fully saturated rings. The first-order valence-electron chi connectivity index (χ1n) is 2.58. The lowest BCUT2D eigenvalue weighted by molar-refractivity contribution is 0.350. The Morgan fingerprint density at radius 3 is 3.33 bits per heavy atom. The summed E-state index contributed by atoms with van der Waals surface area (Å²) < 4.78 is 4.80. The maximum atomic E-state index is 4.80. The molecule has 0 bridgehead atoms. The van der Waals surface area contributed by atoms with E-state index >= 15 is 0 Å². The minimum absolute atomic E-state index is 0.843. The highest BCUT2D eigenvalue weighted by Gasteiger charge is 1.92. The van der Waals surface area contributed by atoms with Crippen LogP contribution < -0.4 is 0 Å². The van der Waals surface area contributed by atoms with Gasteiger partial charge in [0.1, 0.15) is 0 Å². The molecular formula is C6H7NOS. The zero-order valence-electron chi connectivity index (χ0n) is 4.91. The third-order valence-corrected chi connectivity index (χ3v) is 1.66. The van der Waals surface area contributed by atoms with Crippen molar-refractivity contribution in [2.75, 3.05) is 5.75 Å². The Balaban J connectivity index is 2.38. The van der Waals surface area contributed by atoms with Crippen molar-refractivity contribution in [2.24, 2.45) is 0 Å². The summed E-state index contributed by atoms with van der Waals surface area (Å²) in [7, 11) is 0. The van der Waals surface area contributed by atoms with Gasteiger partial charge in [0.25, 0.3) is 0 Å². The normalized spacial score (nSPS) is 9.33. The SMILES string of the molecule is C=CCSc1ccno1. The monoisotopic (exact) mass is 141 g/mol. The molecule has 48 valence electrons. The first-order chi connectivity index (χ1) is 4.43. The lowest BCUT2D eigenvalue weighted by Gasteiger charge is -1.85. The zero-order chi connectivity index (χ0) is 6.53. The van der Waals surface area contributed by atoms with E-state index in [4.69, 9.17) is 4.52 Å². The smallest absolute Gasteiger partial charge is 0.193 e. The first kappa shape index (κ1) is 6.42. The Bertz CT molecular complexity index is 171. The summed E-state index contributed by atoms with van der Waals surface area (Å²) in [5.74, 6) is 0.870. The summed E-state index contributed by atoms with van der Waals surface area (Å²) in [5.41, 5.74) is 0. The Morgan fingerprint density at radius 1 is 1.89 bits per heavy atom. The largest absolute Gasteiger partial charge is 0.350 e. The predicted octanol–water partition coefficient (Wildman–Crippen LogP) is 1.95. The summed E-state index contributed by atoms with van der Waals surface area (Å²) >= 11 is 1.58. The molecule has 1 rings (SSSR count). The van der Waals surface area contributed by atoms with Gasteiger partial charge in [-0.2, -0.15) is 0 Å². The molecule has 0 aliphatic rings. The van der Waals surface area contributed by atoms with Gasteiger partial charge in [0.05, 0.1) is 6.20 Å². The molecule has 0 radical (unpaired) electrons. The van der Waals surface area contributed by atoms with E-state index in [2.05, 4.69) is 11.7 Å². The number of hydrogen-bond acceptors (Lipinski definition) is 3. The van der Waals surface area contributed by atoms with Crippen LogP contribution in [0.3, 0.4) is 0 Å². The van der Waals surface area contributed by atoms with Crippen molar-refractivity contribution >= 4 is 11.8 Å². The molecule has 0 N–H and O–H groups in total. The molecule has 2 nitrogen and oxygen atoms in total. The number of thioether (sulfide) groups is 1. The quantitative estimate of drug-likeness (QED) is 0.475. The minimum Gasteiger partial charge on any atom is -0.350 e. The van der Waals surface area contributed by atoms with Crippen molar-refractivity contribution in [2.45, 2.75) is 5.09 Å². The molecule has 3 heteroatoms. The summed E-state index contributed by atoms with van der Waals surface area (Å²) in [6, 6.07) is 1.83. The van der Waals surface area contributed by atoms with Crippen LogP contribution in [0.25, 0.3) is 0 Å². The number of aromatic nitrogens is 1. The van der Waals surface area contributed by atoms with Gasteiger partial charge in [-0.1, -0.05) is 23.0 Å². The van der Waals surface area contributed by atoms with E-state index in [-0.39, 0.29) is 0 Å². The fourth-order valence-corrected chi connectivity index (χ4v) is 0.955. The van der Waals surface area contributed by atoms with Gasteiger partial charge >= 0.3 is 0 Å². The molecule has 0 aromatic carbocycles. The van der Waals surface area contributed by atoms with Crippen LogP contribution >= 0.6 is 11.8 Å². The third-order valence-electron chi connectivity index (χ3n) is 0.758.